The Kier molecular flexibility index (Phi) is 4.75. The van der Waals surface area contributed by atoms with Gasteiger partial charge in [0.1, 0.15) is 5.41 Å². The number of carbonyl (C=O) groups is 1. The van der Waals surface area contributed by atoms with E-state index < -0.39 is 11.4 Å². The number of benzene rings is 1. The second-order valence-corrected chi connectivity index (χ2v) is 6.03. The van der Waals surface area contributed by atoms with Crippen LogP contribution >= 0.6 is 0 Å². The van der Waals surface area contributed by atoms with Crippen LogP contribution in [0.3, 0.4) is 0 Å². The van der Waals surface area contributed by atoms with E-state index in [9.17, 15) is 9.90 Å². The molecule has 3 nitrogen and oxygen atoms in total. The molecule has 0 saturated heterocycles. The molecule has 0 aliphatic heterocycles. The maximum Gasteiger partial charge on any atom is 0.315 e. The molecule has 1 rings (SSSR count). The molecule has 0 aliphatic rings. The number of nitrogens with zero attached hydrogens (tertiary/aromatic N) is 1. The van der Waals surface area contributed by atoms with Crippen molar-refractivity contribution >= 4 is 5.97 Å². The third-order valence-electron chi connectivity index (χ3n) is 4.33. The van der Waals surface area contributed by atoms with Crippen LogP contribution in [-0.4, -0.2) is 35.1 Å². The van der Waals surface area contributed by atoms with Crippen molar-refractivity contribution in [2.45, 2.75) is 45.1 Å². The van der Waals surface area contributed by atoms with E-state index in [1.165, 1.54) is 0 Å². The highest BCUT2D eigenvalue weighted by atomic mass is 16.4. The monoisotopic (exact) mass is 263 g/mol. The molecule has 0 aliphatic carbocycles. The highest BCUT2D eigenvalue weighted by Crippen LogP contribution is 2.28. The van der Waals surface area contributed by atoms with Gasteiger partial charge in [-0.05, 0) is 39.8 Å². The lowest BCUT2D eigenvalue weighted by atomic mass is 9.81. The van der Waals surface area contributed by atoms with Gasteiger partial charge in [-0.25, -0.2) is 0 Å². The first-order valence-electron chi connectivity index (χ1n) is 6.74. The van der Waals surface area contributed by atoms with Gasteiger partial charge in [0.2, 0.25) is 0 Å². The standard InChI is InChI=1S/C16H25NO2/c1-6-15(2,3)17(5)12-16(4,14(18)19)13-10-8-7-9-11-13/h7-11H,6,12H2,1-5H3,(H,18,19). The van der Waals surface area contributed by atoms with E-state index >= 15 is 0 Å². The molecule has 0 spiro atoms. The van der Waals surface area contributed by atoms with Gasteiger partial charge < -0.3 is 5.11 Å². The smallest absolute Gasteiger partial charge is 0.315 e. The van der Waals surface area contributed by atoms with Gasteiger partial charge in [0.05, 0.1) is 0 Å². The Bertz CT molecular complexity index is 428. The second-order valence-electron chi connectivity index (χ2n) is 6.03. The number of hydrogen-bond donors (Lipinski definition) is 1. The molecule has 0 aromatic heterocycles. The number of likely N-dealkylation sites (N-methyl/N-ethyl adjacent to an activating group) is 1. The predicted octanol–water partition coefficient (Wildman–Crippen LogP) is 3.15. The summed E-state index contributed by atoms with van der Waals surface area (Å²) in [5.74, 6) is -0.780. The average molecular weight is 263 g/mol. The van der Waals surface area contributed by atoms with Crippen molar-refractivity contribution in [1.29, 1.82) is 0 Å². The molecule has 3 heteroatoms. The van der Waals surface area contributed by atoms with Crippen molar-refractivity contribution in [3.8, 4) is 0 Å². The number of carboxylic acids is 1. The molecule has 1 atom stereocenters. The van der Waals surface area contributed by atoms with Gasteiger partial charge in [-0.2, -0.15) is 0 Å². The SMILES string of the molecule is CCC(C)(C)N(C)CC(C)(C(=O)O)c1ccccc1. The van der Waals surface area contributed by atoms with Crippen molar-refractivity contribution in [3.05, 3.63) is 35.9 Å². The highest BCUT2D eigenvalue weighted by molar-refractivity contribution is 5.81. The fourth-order valence-corrected chi connectivity index (χ4v) is 2.05. The summed E-state index contributed by atoms with van der Waals surface area (Å²) in [6, 6.07) is 9.47. The fraction of sp³-hybridized carbons (Fsp3) is 0.562. The summed E-state index contributed by atoms with van der Waals surface area (Å²) in [4.78, 5) is 13.9. The van der Waals surface area contributed by atoms with Crippen LogP contribution in [0.2, 0.25) is 0 Å². The van der Waals surface area contributed by atoms with E-state index in [-0.39, 0.29) is 5.54 Å². The summed E-state index contributed by atoms with van der Waals surface area (Å²) in [7, 11) is 1.99. The van der Waals surface area contributed by atoms with Gasteiger partial charge >= 0.3 is 5.97 Å². The quantitative estimate of drug-likeness (QED) is 0.857. The van der Waals surface area contributed by atoms with Crippen molar-refractivity contribution in [2.75, 3.05) is 13.6 Å². The molecule has 19 heavy (non-hydrogen) atoms. The first kappa shape index (κ1) is 15.7. The molecule has 1 aromatic rings. The second kappa shape index (κ2) is 5.74. The minimum Gasteiger partial charge on any atom is -0.481 e. The van der Waals surface area contributed by atoms with E-state index in [2.05, 4.69) is 25.7 Å². The minimum atomic E-state index is -0.886. The zero-order valence-electron chi connectivity index (χ0n) is 12.6. The van der Waals surface area contributed by atoms with Crippen molar-refractivity contribution in [1.82, 2.24) is 4.90 Å². The van der Waals surface area contributed by atoms with E-state index in [1.807, 2.05) is 37.4 Å². The van der Waals surface area contributed by atoms with E-state index in [0.717, 1.165) is 12.0 Å². The van der Waals surface area contributed by atoms with E-state index in [4.69, 9.17) is 0 Å². The highest BCUT2D eigenvalue weighted by Gasteiger charge is 2.38. The van der Waals surface area contributed by atoms with Crippen LogP contribution in [0, 0.1) is 0 Å². The molecular formula is C16H25NO2. The largest absolute Gasteiger partial charge is 0.481 e. The summed E-state index contributed by atoms with van der Waals surface area (Å²) >= 11 is 0. The van der Waals surface area contributed by atoms with Crippen molar-refractivity contribution < 1.29 is 9.90 Å². The molecule has 0 heterocycles. The molecule has 1 unspecified atom stereocenters. The van der Waals surface area contributed by atoms with Crippen LogP contribution in [-0.2, 0) is 10.2 Å². The van der Waals surface area contributed by atoms with E-state index in [0.29, 0.717) is 6.54 Å². The molecule has 1 N–H and O–H groups in total. The summed E-state index contributed by atoms with van der Waals surface area (Å²) in [6.45, 7) is 8.69. The van der Waals surface area contributed by atoms with Crippen LogP contribution in [0.4, 0.5) is 0 Å². The summed E-state index contributed by atoms with van der Waals surface area (Å²) in [6.07, 6.45) is 0.980. The van der Waals surface area contributed by atoms with Crippen LogP contribution in [0.25, 0.3) is 0 Å². The van der Waals surface area contributed by atoms with Crippen LogP contribution < -0.4 is 0 Å². The molecule has 0 saturated carbocycles. The van der Waals surface area contributed by atoms with E-state index in [1.54, 1.807) is 6.92 Å². The summed E-state index contributed by atoms with van der Waals surface area (Å²) in [5.41, 5.74) is -0.0465. The predicted molar refractivity (Wildman–Crippen MR) is 78.4 cm³/mol. The van der Waals surface area contributed by atoms with Gasteiger partial charge in [-0.15, -0.1) is 0 Å². The average Bonchev–Trinajstić information content (AvgIpc) is 2.39. The van der Waals surface area contributed by atoms with Gasteiger partial charge in [0, 0.05) is 12.1 Å². The van der Waals surface area contributed by atoms with Crippen LogP contribution in [0.5, 0.6) is 0 Å². The Morgan fingerprint density at radius 2 is 1.74 bits per heavy atom. The zero-order chi connectivity index (χ0) is 14.7. The molecule has 1 aromatic carbocycles. The Balaban J connectivity index is 3.06. The maximum atomic E-state index is 11.7. The Labute approximate surface area is 116 Å². The molecule has 0 fully saturated rings. The topological polar surface area (TPSA) is 40.5 Å². The van der Waals surface area contributed by atoms with Crippen LogP contribution in [0.1, 0.15) is 39.7 Å². The molecular weight excluding hydrogens is 238 g/mol. The van der Waals surface area contributed by atoms with Crippen LogP contribution in [0.15, 0.2) is 30.3 Å². The number of carboxylic acid groups (broad SMARTS) is 1. The molecule has 0 radical (unpaired) electrons. The Hall–Kier alpha value is -1.35. The van der Waals surface area contributed by atoms with Gasteiger partial charge in [0.25, 0.3) is 0 Å². The number of hydrogen-bond acceptors (Lipinski definition) is 2. The van der Waals surface area contributed by atoms with Gasteiger partial charge in [-0.3, -0.25) is 9.69 Å². The molecule has 106 valence electrons. The summed E-state index contributed by atoms with van der Waals surface area (Å²) in [5, 5.41) is 9.65. The first-order chi connectivity index (χ1) is 8.74. The van der Waals surface area contributed by atoms with Gasteiger partial charge in [-0.1, -0.05) is 37.3 Å². The minimum absolute atomic E-state index is 0.00844. The zero-order valence-corrected chi connectivity index (χ0v) is 12.6. The van der Waals surface area contributed by atoms with Crippen molar-refractivity contribution in [2.24, 2.45) is 0 Å². The fourth-order valence-electron chi connectivity index (χ4n) is 2.05. The summed E-state index contributed by atoms with van der Waals surface area (Å²) < 4.78 is 0. The lowest BCUT2D eigenvalue weighted by Gasteiger charge is -2.40. The number of aliphatic carboxylic acids is 1. The lowest BCUT2D eigenvalue weighted by Crippen LogP contribution is -2.50. The normalized spacial score (nSPS) is 15.3. The molecule has 0 amide bonds. The van der Waals surface area contributed by atoms with Gasteiger partial charge in [0.15, 0.2) is 0 Å². The van der Waals surface area contributed by atoms with Crippen molar-refractivity contribution in [3.63, 3.8) is 0 Å². The Morgan fingerprint density at radius 3 is 2.16 bits per heavy atom. The number of rotatable bonds is 6. The third kappa shape index (κ3) is 3.35. The lowest BCUT2D eigenvalue weighted by molar-refractivity contribution is -0.144. The third-order valence-corrected chi connectivity index (χ3v) is 4.33. The first-order valence-corrected chi connectivity index (χ1v) is 6.74. The maximum absolute atomic E-state index is 11.7. The molecule has 0 bridgehead atoms. The Morgan fingerprint density at radius 1 is 1.21 bits per heavy atom.